The molecule has 4 heterocycles. The summed E-state index contributed by atoms with van der Waals surface area (Å²) in [5.41, 5.74) is -0.610. The summed E-state index contributed by atoms with van der Waals surface area (Å²) in [5.74, 6) is -0.137. The number of rotatable bonds is 0. The zero-order chi connectivity index (χ0) is 14.1. The molecular formula is C15H22O5. The smallest absolute Gasteiger partial charge is 0.311 e. The summed E-state index contributed by atoms with van der Waals surface area (Å²) in [5, 5.41) is 0. The van der Waals surface area contributed by atoms with Crippen molar-refractivity contribution in [2.24, 2.45) is 23.7 Å². The van der Waals surface area contributed by atoms with Gasteiger partial charge in [-0.3, -0.25) is 4.79 Å². The van der Waals surface area contributed by atoms with Crippen LogP contribution in [0, 0.1) is 23.7 Å². The minimum absolute atomic E-state index is 0.123. The molecule has 112 valence electrons. The topological polar surface area (TPSA) is 54.0 Å². The molecule has 5 aliphatic rings. The van der Waals surface area contributed by atoms with Crippen molar-refractivity contribution in [3.63, 3.8) is 0 Å². The van der Waals surface area contributed by atoms with Crippen LogP contribution in [0.4, 0.5) is 0 Å². The van der Waals surface area contributed by atoms with Gasteiger partial charge in [0.15, 0.2) is 5.60 Å². The number of esters is 1. The van der Waals surface area contributed by atoms with Crippen molar-refractivity contribution in [3.05, 3.63) is 0 Å². The van der Waals surface area contributed by atoms with Crippen LogP contribution in [0.15, 0.2) is 0 Å². The van der Waals surface area contributed by atoms with E-state index in [1.54, 1.807) is 0 Å². The maximum absolute atomic E-state index is 12.1. The number of carbonyl (C=O) groups is 1. The van der Waals surface area contributed by atoms with Crippen LogP contribution in [-0.2, 0) is 24.0 Å². The molecule has 5 heteroatoms. The molecule has 0 radical (unpaired) electrons. The maximum atomic E-state index is 12.1. The van der Waals surface area contributed by atoms with E-state index in [0.29, 0.717) is 11.8 Å². The van der Waals surface area contributed by atoms with E-state index in [2.05, 4.69) is 6.92 Å². The third-order valence-electron chi connectivity index (χ3n) is 5.97. The lowest BCUT2D eigenvalue weighted by Crippen LogP contribution is -2.69. The van der Waals surface area contributed by atoms with E-state index in [1.165, 1.54) is 0 Å². The monoisotopic (exact) mass is 282 g/mol. The molecule has 5 rings (SSSR count). The molecule has 1 spiro atoms. The molecule has 2 unspecified atom stereocenters. The van der Waals surface area contributed by atoms with Crippen molar-refractivity contribution in [1.29, 1.82) is 0 Å². The second-order valence-corrected chi connectivity index (χ2v) is 7.14. The van der Waals surface area contributed by atoms with Gasteiger partial charge in [-0.05, 0) is 32.1 Å². The second-order valence-electron chi connectivity index (χ2n) is 7.14. The highest BCUT2D eigenvalue weighted by Gasteiger charge is 2.69. The van der Waals surface area contributed by atoms with Crippen molar-refractivity contribution in [2.45, 2.75) is 64.1 Å². The summed E-state index contributed by atoms with van der Waals surface area (Å²) in [6.45, 7) is 6.06. The van der Waals surface area contributed by atoms with Crippen molar-refractivity contribution in [1.82, 2.24) is 0 Å². The van der Waals surface area contributed by atoms with Gasteiger partial charge in [0, 0.05) is 18.3 Å². The van der Waals surface area contributed by atoms with Crippen molar-refractivity contribution >= 4 is 5.97 Å². The number of carbonyl (C=O) groups excluding carboxylic acids is 1. The first-order chi connectivity index (χ1) is 9.46. The van der Waals surface area contributed by atoms with Gasteiger partial charge in [-0.25, -0.2) is 9.78 Å². The van der Waals surface area contributed by atoms with Gasteiger partial charge in [-0.15, -0.1) is 0 Å². The molecule has 7 atom stereocenters. The van der Waals surface area contributed by atoms with Gasteiger partial charge in [0.25, 0.3) is 0 Å². The van der Waals surface area contributed by atoms with Gasteiger partial charge < -0.3 is 9.47 Å². The molecule has 4 aliphatic heterocycles. The van der Waals surface area contributed by atoms with Crippen molar-refractivity contribution in [2.75, 3.05) is 0 Å². The minimum atomic E-state index is -0.793. The predicted molar refractivity (Wildman–Crippen MR) is 68.0 cm³/mol. The van der Waals surface area contributed by atoms with E-state index in [4.69, 9.17) is 19.2 Å². The van der Waals surface area contributed by atoms with E-state index in [-0.39, 0.29) is 17.8 Å². The number of ether oxygens (including phenoxy) is 2. The van der Waals surface area contributed by atoms with Gasteiger partial charge >= 0.3 is 5.97 Å². The van der Waals surface area contributed by atoms with Crippen LogP contribution < -0.4 is 0 Å². The maximum Gasteiger partial charge on any atom is 0.311 e. The summed E-state index contributed by atoms with van der Waals surface area (Å²) in [4.78, 5) is 23.7. The summed E-state index contributed by atoms with van der Waals surface area (Å²) in [6.07, 6.45) is 3.24. The Morgan fingerprint density at radius 3 is 2.70 bits per heavy atom. The first-order valence-corrected chi connectivity index (χ1v) is 7.71. The Labute approximate surface area is 118 Å². The largest absolute Gasteiger partial charge is 0.432 e. The van der Waals surface area contributed by atoms with E-state index in [9.17, 15) is 4.79 Å². The average Bonchev–Trinajstić information content (AvgIpc) is 2.63. The fraction of sp³-hybridized carbons (Fsp3) is 0.933. The molecule has 2 bridgehead atoms. The summed E-state index contributed by atoms with van der Waals surface area (Å²) in [6, 6.07) is 0. The van der Waals surface area contributed by atoms with Crippen LogP contribution in [-0.4, -0.2) is 23.6 Å². The standard InChI is InChI=1S/C15H22O5/c1-8-4-5-11-9(2)12(16)17-13-15(11)10(8)6-7-14(3,18-13)19-20-15/h8-11,13H,4-7H2,1-3H3/t8-,9-,10?,11+,13?,14-,15-/m1/s1. The van der Waals surface area contributed by atoms with E-state index in [1.807, 2.05) is 13.8 Å². The van der Waals surface area contributed by atoms with Gasteiger partial charge in [0.1, 0.15) is 0 Å². The lowest BCUT2D eigenvalue weighted by atomic mass is 9.58. The summed E-state index contributed by atoms with van der Waals surface area (Å²) >= 11 is 0. The molecule has 0 N–H and O–H groups in total. The molecule has 0 aromatic rings. The Balaban J connectivity index is 1.84. The van der Waals surface area contributed by atoms with E-state index in [0.717, 1.165) is 25.7 Å². The molecule has 0 amide bonds. The van der Waals surface area contributed by atoms with Crippen LogP contribution in [0.2, 0.25) is 0 Å². The number of hydrogen-bond acceptors (Lipinski definition) is 5. The normalized spacial score (nSPS) is 57.8. The minimum Gasteiger partial charge on any atom is -0.432 e. The van der Waals surface area contributed by atoms with Crippen molar-refractivity contribution < 1.29 is 24.0 Å². The Hall–Kier alpha value is -0.650. The fourth-order valence-corrected chi connectivity index (χ4v) is 4.76. The third kappa shape index (κ3) is 1.46. The lowest BCUT2D eigenvalue weighted by Gasteiger charge is -2.57. The van der Waals surface area contributed by atoms with Crippen LogP contribution >= 0.6 is 0 Å². The van der Waals surface area contributed by atoms with Gasteiger partial charge in [-0.1, -0.05) is 13.8 Å². The zero-order valence-corrected chi connectivity index (χ0v) is 12.3. The van der Waals surface area contributed by atoms with Crippen LogP contribution in [0.5, 0.6) is 0 Å². The van der Waals surface area contributed by atoms with Crippen LogP contribution in [0.3, 0.4) is 0 Å². The van der Waals surface area contributed by atoms with Gasteiger partial charge in [0.2, 0.25) is 12.1 Å². The second kappa shape index (κ2) is 3.96. The van der Waals surface area contributed by atoms with Gasteiger partial charge in [-0.2, -0.15) is 0 Å². The quantitative estimate of drug-likeness (QED) is 0.504. The molecule has 5 fully saturated rings. The fourth-order valence-electron chi connectivity index (χ4n) is 4.76. The van der Waals surface area contributed by atoms with Crippen molar-refractivity contribution in [3.8, 4) is 0 Å². The Morgan fingerprint density at radius 1 is 1.10 bits per heavy atom. The zero-order valence-electron chi connectivity index (χ0n) is 12.3. The highest BCUT2D eigenvalue weighted by molar-refractivity contribution is 5.74. The SMILES string of the molecule is C[C@@H]1CC[C@H]2[C@@H](C)C(=O)OC3O[C@@]4(C)CCC1[C@]32OO4. The number of fused-ring (bicyclic) bond motifs is 2. The first kappa shape index (κ1) is 13.0. The van der Waals surface area contributed by atoms with Gasteiger partial charge in [0.05, 0.1) is 5.92 Å². The third-order valence-corrected chi connectivity index (χ3v) is 5.97. The Morgan fingerprint density at radius 2 is 1.90 bits per heavy atom. The Kier molecular flexibility index (Phi) is 2.58. The molecule has 1 saturated carbocycles. The molecule has 1 aliphatic carbocycles. The molecule has 5 nitrogen and oxygen atoms in total. The molecule has 0 aromatic carbocycles. The summed E-state index contributed by atoms with van der Waals surface area (Å²) < 4.78 is 11.6. The summed E-state index contributed by atoms with van der Waals surface area (Å²) in [7, 11) is 0. The molecular weight excluding hydrogens is 260 g/mol. The average molecular weight is 282 g/mol. The molecule has 0 aromatic heterocycles. The lowest BCUT2D eigenvalue weighted by molar-refractivity contribution is -0.559. The van der Waals surface area contributed by atoms with E-state index >= 15 is 0 Å². The molecule has 20 heavy (non-hydrogen) atoms. The predicted octanol–water partition coefficient (Wildman–Crippen LogP) is 2.39. The Bertz CT molecular complexity index is 452. The van der Waals surface area contributed by atoms with E-state index < -0.39 is 17.7 Å². The highest BCUT2D eigenvalue weighted by atomic mass is 17.3. The first-order valence-electron chi connectivity index (χ1n) is 7.71. The van der Waals surface area contributed by atoms with Crippen LogP contribution in [0.1, 0.15) is 46.5 Å². The van der Waals surface area contributed by atoms with Crippen LogP contribution in [0.25, 0.3) is 0 Å². The molecule has 4 saturated heterocycles. The highest BCUT2D eigenvalue weighted by Crippen LogP contribution is 2.59. The number of hydrogen-bond donors (Lipinski definition) is 0.